The van der Waals surface area contributed by atoms with Gasteiger partial charge in [0.15, 0.2) is 5.69 Å². The number of fused-ring (bicyclic) bond motifs is 3. The number of nitrogens with zero attached hydrogens (tertiary/aromatic N) is 5. The summed E-state index contributed by atoms with van der Waals surface area (Å²) in [6, 6.07) is 6.26. The Balaban J connectivity index is 1.33. The highest BCUT2D eigenvalue weighted by Gasteiger charge is 2.19. The van der Waals surface area contributed by atoms with Gasteiger partial charge in [-0.3, -0.25) is 4.79 Å². The molecular weight excluding hydrogens is 354 g/mol. The van der Waals surface area contributed by atoms with Gasteiger partial charge in [0, 0.05) is 18.7 Å². The summed E-state index contributed by atoms with van der Waals surface area (Å²) in [6.45, 7) is 2.97. The summed E-state index contributed by atoms with van der Waals surface area (Å²) < 4.78 is 4.14. The second-order valence-corrected chi connectivity index (χ2v) is 7.71. The van der Waals surface area contributed by atoms with E-state index in [-0.39, 0.29) is 5.91 Å². The number of benzene rings is 1. The molecule has 0 saturated carbocycles. The van der Waals surface area contributed by atoms with Gasteiger partial charge in [-0.15, -0.1) is 5.10 Å². The average molecular weight is 379 g/mol. The number of carbonyl (C=O) groups excluding carboxylic acids is 1. The average Bonchev–Trinajstić information content (AvgIpc) is 3.27. The number of rotatable bonds is 3. The molecule has 8 nitrogen and oxygen atoms in total. The Kier molecular flexibility index (Phi) is 4.56. The molecule has 0 radical (unpaired) electrons. The summed E-state index contributed by atoms with van der Waals surface area (Å²) >= 11 is 0. The van der Waals surface area contributed by atoms with E-state index in [0.717, 1.165) is 61.4 Å². The van der Waals surface area contributed by atoms with Crippen LogP contribution in [0.25, 0.3) is 11.0 Å². The molecule has 28 heavy (non-hydrogen) atoms. The normalized spacial score (nSPS) is 18.0. The number of piperidine rings is 1. The molecule has 0 bridgehead atoms. The molecule has 1 saturated heterocycles. The van der Waals surface area contributed by atoms with Crippen molar-refractivity contribution in [1.29, 1.82) is 0 Å². The number of carbonyl (C=O) groups is 1. The van der Waals surface area contributed by atoms with Crippen LogP contribution >= 0.6 is 0 Å². The summed E-state index contributed by atoms with van der Waals surface area (Å²) in [5, 5.41) is 14.5. The second-order valence-electron chi connectivity index (χ2n) is 7.71. The third-order valence-electron chi connectivity index (χ3n) is 5.79. The highest BCUT2D eigenvalue weighted by molar-refractivity contribution is 6.03. The number of nitrogens with one attached hydrogen (secondary N) is 2. The monoisotopic (exact) mass is 379 g/mol. The van der Waals surface area contributed by atoms with E-state index in [1.165, 1.54) is 19.3 Å². The number of hydrogen-bond donors (Lipinski definition) is 2. The number of aryl methyl sites for hydroxylation is 2. The van der Waals surface area contributed by atoms with Gasteiger partial charge in [-0.2, -0.15) is 0 Å². The van der Waals surface area contributed by atoms with Gasteiger partial charge in [0.1, 0.15) is 5.82 Å². The highest BCUT2D eigenvalue weighted by Crippen LogP contribution is 2.25. The number of hydrogen-bond acceptors (Lipinski definition) is 5. The first-order chi connectivity index (χ1) is 13.8. The summed E-state index contributed by atoms with van der Waals surface area (Å²) in [6.07, 6.45) is 8.44. The number of anilines is 1. The molecule has 1 fully saturated rings. The molecule has 146 valence electrons. The molecule has 2 N–H and O–H groups in total. The molecule has 0 atom stereocenters. The van der Waals surface area contributed by atoms with E-state index in [4.69, 9.17) is 4.98 Å². The largest absolute Gasteiger partial charge is 0.328 e. The van der Waals surface area contributed by atoms with Crippen LogP contribution < -0.4 is 10.6 Å². The summed E-state index contributed by atoms with van der Waals surface area (Å²) in [4.78, 5) is 17.4. The van der Waals surface area contributed by atoms with Crippen molar-refractivity contribution in [3.63, 3.8) is 0 Å². The van der Waals surface area contributed by atoms with Crippen molar-refractivity contribution in [3.8, 4) is 0 Å². The van der Waals surface area contributed by atoms with E-state index in [1.807, 2.05) is 16.8 Å². The molecule has 4 heterocycles. The van der Waals surface area contributed by atoms with Crippen molar-refractivity contribution >= 4 is 22.6 Å². The fourth-order valence-corrected chi connectivity index (χ4v) is 4.25. The van der Waals surface area contributed by atoms with E-state index in [2.05, 4.69) is 31.6 Å². The molecule has 1 aromatic carbocycles. The molecule has 2 aliphatic heterocycles. The van der Waals surface area contributed by atoms with Crippen LogP contribution in [0.5, 0.6) is 0 Å². The van der Waals surface area contributed by atoms with Crippen LogP contribution in [0.4, 0.5) is 5.69 Å². The van der Waals surface area contributed by atoms with Gasteiger partial charge < -0.3 is 15.2 Å². The van der Waals surface area contributed by atoms with Crippen LogP contribution in [0.3, 0.4) is 0 Å². The van der Waals surface area contributed by atoms with Crippen LogP contribution in [0.1, 0.15) is 54.5 Å². The van der Waals surface area contributed by atoms with Gasteiger partial charge in [-0.25, -0.2) is 9.67 Å². The Morgan fingerprint density at radius 3 is 2.96 bits per heavy atom. The minimum absolute atomic E-state index is 0.236. The lowest BCUT2D eigenvalue weighted by Crippen LogP contribution is -2.29. The SMILES string of the molecule is O=C(Nc1ccc2c(c1)nc1n2CCCCC1)c1cn(C2CCNCC2)nn1. The predicted octanol–water partition coefficient (Wildman–Crippen LogP) is 2.53. The number of aromatic nitrogens is 5. The number of amides is 1. The van der Waals surface area contributed by atoms with Crippen LogP contribution in [0, 0.1) is 0 Å². The zero-order valence-corrected chi connectivity index (χ0v) is 15.9. The Labute approximate surface area is 163 Å². The fraction of sp³-hybridized carbons (Fsp3) is 0.500. The molecule has 2 aliphatic rings. The van der Waals surface area contributed by atoms with Crippen molar-refractivity contribution < 1.29 is 4.79 Å². The summed E-state index contributed by atoms with van der Waals surface area (Å²) in [5.74, 6) is 0.918. The van der Waals surface area contributed by atoms with Crippen LogP contribution in [-0.4, -0.2) is 43.5 Å². The molecule has 8 heteroatoms. The van der Waals surface area contributed by atoms with Gasteiger partial charge in [0.05, 0.1) is 23.3 Å². The van der Waals surface area contributed by atoms with Gasteiger partial charge in [-0.05, 0) is 57.0 Å². The van der Waals surface area contributed by atoms with Gasteiger partial charge in [-0.1, -0.05) is 11.6 Å². The van der Waals surface area contributed by atoms with E-state index < -0.39 is 0 Å². The molecule has 2 aromatic heterocycles. The lowest BCUT2D eigenvalue weighted by Gasteiger charge is -2.22. The summed E-state index contributed by atoms with van der Waals surface area (Å²) in [7, 11) is 0. The van der Waals surface area contributed by atoms with Crippen LogP contribution in [-0.2, 0) is 13.0 Å². The fourth-order valence-electron chi connectivity index (χ4n) is 4.25. The minimum atomic E-state index is -0.236. The third-order valence-corrected chi connectivity index (χ3v) is 5.79. The molecule has 0 spiro atoms. The van der Waals surface area contributed by atoms with E-state index in [1.54, 1.807) is 6.20 Å². The summed E-state index contributed by atoms with van der Waals surface area (Å²) in [5.41, 5.74) is 3.17. The maximum absolute atomic E-state index is 12.6. The molecule has 5 rings (SSSR count). The smallest absolute Gasteiger partial charge is 0.277 e. The standard InChI is InChI=1S/C20H25N7O/c28-20(17-13-27(25-24-17)15-7-9-21-10-8-15)22-14-5-6-18-16(12-14)23-19-4-2-1-3-11-26(18)19/h5-6,12-13,15,21H,1-4,7-11H2,(H,22,28). The molecule has 3 aromatic rings. The Bertz CT molecular complexity index is 999. The van der Waals surface area contributed by atoms with Crippen LogP contribution in [0.15, 0.2) is 24.4 Å². The Morgan fingerprint density at radius 1 is 1.18 bits per heavy atom. The quantitative estimate of drug-likeness (QED) is 0.730. The van der Waals surface area contributed by atoms with Gasteiger partial charge in [0.2, 0.25) is 0 Å². The molecule has 0 unspecified atom stereocenters. The zero-order chi connectivity index (χ0) is 18.9. The maximum Gasteiger partial charge on any atom is 0.277 e. The topological polar surface area (TPSA) is 89.7 Å². The van der Waals surface area contributed by atoms with Crippen LogP contribution in [0.2, 0.25) is 0 Å². The first kappa shape index (κ1) is 17.4. The third kappa shape index (κ3) is 3.28. The molecule has 1 amide bonds. The van der Waals surface area contributed by atoms with E-state index in [0.29, 0.717) is 11.7 Å². The first-order valence-electron chi connectivity index (χ1n) is 10.2. The number of imidazole rings is 1. The minimum Gasteiger partial charge on any atom is -0.328 e. The lowest BCUT2D eigenvalue weighted by molar-refractivity contribution is 0.102. The van der Waals surface area contributed by atoms with Crippen molar-refractivity contribution in [3.05, 3.63) is 35.9 Å². The lowest BCUT2D eigenvalue weighted by atomic mass is 10.1. The Hall–Kier alpha value is -2.74. The van der Waals surface area contributed by atoms with Crippen molar-refractivity contribution in [2.75, 3.05) is 18.4 Å². The van der Waals surface area contributed by atoms with Crippen molar-refractivity contribution in [2.45, 2.75) is 51.1 Å². The van der Waals surface area contributed by atoms with Crippen molar-refractivity contribution in [2.24, 2.45) is 0 Å². The molecule has 0 aliphatic carbocycles. The predicted molar refractivity (Wildman–Crippen MR) is 106 cm³/mol. The second kappa shape index (κ2) is 7.35. The van der Waals surface area contributed by atoms with Gasteiger partial charge in [0.25, 0.3) is 5.91 Å². The maximum atomic E-state index is 12.6. The van der Waals surface area contributed by atoms with Gasteiger partial charge >= 0.3 is 0 Å². The molecular formula is C20H25N7O. The van der Waals surface area contributed by atoms with E-state index >= 15 is 0 Å². The van der Waals surface area contributed by atoms with E-state index in [9.17, 15) is 4.79 Å². The zero-order valence-electron chi connectivity index (χ0n) is 15.9. The Morgan fingerprint density at radius 2 is 2.07 bits per heavy atom. The van der Waals surface area contributed by atoms with Crippen molar-refractivity contribution in [1.82, 2.24) is 29.9 Å². The first-order valence-corrected chi connectivity index (χ1v) is 10.2. The highest BCUT2D eigenvalue weighted by atomic mass is 16.2.